The van der Waals surface area contributed by atoms with Crippen molar-refractivity contribution in [3.05, 3.63) is 63.0 Å². The molecule has 8 heteroatoms. The molecule has 0 bridgehead atoms. The second-order valence-electron chi connectivity index (χ2n) is 7.27. The van der Waals surface area contributed by atoms with Gasteiger partial charge in [0.1, 0.15) is 6.54 Å². The molecule has 0 atom stereocenters. The summed E-state index contributed by atoms with van der Waals surface area (Å²) in [5.41, 5.74) is 0.715. The number of carbonyl (C=O) groups is 1. The number of rotatable bonds is 7. The van der Waals surface area contributed by atoms with Crippen molar-refractivity contribution in [3.63, 3.8) is 0 Å². The third kappa shape index (κ3) is 9.08. The third-order valence-electron chi connectivity index (χ3n) is 4.97. The molecule has 1 saturated heterocycles. The van der Waals surface area contributed by atoms with Crippen molar-refractivity contribution in [2.75, 3.05) is 51.2 Å². The molecule has 0 spiro atoms. The van der Waals surface area contributed by atoms with E-state index in [1.54, 1.807) is 35.0 Å². The number of carbonyl (C=O) groups excluding carboxylic acids is 1. The summed E-state index contributed by atoms with van der Waals surface area (Å²) >= 11 is 15.3. The first-order chi connectivity index (χ1) is 14.9. The summed E-state index contributed by atoms with van der Waals surface area (Å²) in [5, 5.41) is 9.90. The fourth-order valence-electron chi connectivity index (χ4n) is 3.13. The highest BCUT2D eigenvalue weighted by Crippen LogP contribution is 2.27. The highest BCUT2D eigenvalue weighted by molar-refractivity contribution is 9.10. The lowest BCUT2D eigenvalue weighted by Crippen LogP contribution is -2.41. The zero-order chi connectivity index (χ0) is 22.6. The van der Waals surface area contributed by atoms with E-state index in [0.717, 1.165) is 24.1 Å². The van der Waals surface area contributed by atoms with E-state index in [-0.39, 0.29) is 19.0 Å². The Morgan fingerprint density at radius 3 is 2.35 bits per heavy atom. The molecule has 2 aromatic carbocycles. The van der Waals surface area contributed by atoms with Gasteiger partial charge in [-0.1, -0.05) is 57.3 Å². The Labute approximate surface area is 203 Å². The molecule has 0 aliphatic carbocycles. The molecule has 1 aliphatic rings. The van der Waals surface area contributed by atoms with Crippen LogP contribution in [0.2, 0.25) is 10.0 Å². The molecule has 166 valence electrons. The molecule has 2 aromatic rings. The van der Waals surface area contributed by atoms with Gasteiger partial charge in [0.15, 0.2) is 0 Å². The van der Waals surface area contributed by atoms with Crippen molar-refractivity contribution in [1.29, 1.82) is 5.26 Å². The first kappa shape index (κ1) is 25.5. The van der Waals surface area contributed by atoms with Crippen molar-refractivity contribution in [2.45, 2.75) is 12.8 Å². The molecule has 0 radical (unpaired) electrons. The molecule has 1 heterocycles. The van der Waals surface area contributed by atoms with Crippen LogP contribution in [0.25, 0.3) is 0 Å². The summed E-state index contributed by atoms with van der Waals surface area (Å²) < 4.78 is 1.13. The van der Waals surface area contributed by atoms with Crippen LogP contribution in [0.3, 0.4) is 0 Å². The van der Waals surface area contributed by atoms with Crippen LogP contribution in [0.1, 0.15) is 12.8 Å². The van der Waals surface area contributed by atoms with Crippen molar-refractivity contribution < 1.29 is 4.79 Å². The number of halogens is 3. The fraction of sp³-hybridized carbons (Fsp3) is 0.391. The number of nitrogens with zero attached hydrogens (tertiary/aromatic N) is 4. The third-order valence-corrected chi connectivity index (χ3v) is 6.23. The van der Waals surface area contributed by atoms with Gasteiger partial charge in [0.25, 0.3) is 0 Å². The summed E-state index contributed by atoms with van der Waals surface area (Å²) in [4.78, 5) is 18.3. The van der Waals surface area contributed by atoms with Crippen molar-refractivity contribution in [2.24, 2.45) is 0 Å². The first-order valence-corrected chi connectivity index (χ1v) is 11.7. The van der Waals surface area contributed by atoms with Gasteiger partial charge in [0, 0.05) is 30.3 Å². The molecule has 5 nitrogen and oxygen atoms in total. The Morgan fingerprint density at radius 2 is 1.81 bits per heavy atom. The van der Waals surface area contributed by atoms with Crippen LogP contribution in [0.5, 0.6) is 0 Å². The number of hydrogen-bond acceptors (Lipinski definition) is 4. The van der Waals surface area contributed by atoms with Crippen LogP contribution in [0, 0.1) is 11.3 Å². The summed E-state index contributed by atoms with van der Waals surface area (Å²) in [5.74, 6) is -0.0180. The van der Waals surface area contributed by atoms with Gasteiger partial charge >= 0.3 is 0 Å². The minimum Gasteiger partial charge on any atom is -0.349 e. The lowest BCUT2D eigenvalue weighted by Gasteiger charge is -2.26. The van der Waals surface area contributed by atoms with Crippen LogP contribution in [0.15, 0.2) is 53.0 Å². The van der Waals surface area contributed by atoms with Crippen LogP contribution >= 0.6 is 39.1 Å². The summed E-state index contributed by atoms with van der Waals surface area (Å²) in [7, 11) is 1.80. The molecular formula is C23H27BrCl2N4O. The van der Waals surface area contributed by atoms with Gasteiger partial charge in [0.05, 0.1) is 22.7 Å². The Hall–Kier alpha value is -1.78. The van der Waals surface area contributed by atoms with Gasteiger partial charge in [0.2, 0.25) is 5.91 Å². The van der Waals surface area contributed by atoms with E-state index < -0.39 is 0 Å². The van der Waals surface area contributed by atoms with Gasteiger partial charge < -0.3 is 14.7 Å². The fourth-order valence-corrected chi connectivity index (χ4v) is 3.72. The zero-order valence-electron chi connectivity index (χ0n) is 17.6. The molecule has 1 amide bonds. The largest absolute Gasteiger partial charge is 0.349 e. The molecule has 31 heavy (non-hydrogen) atoms. The predicted octanol–water partition coefficient (Wildman–Crippen LogP) is 5.33. The Balaban J connectivity index is 0.000000412. The van der Waals surface area contributed by atoms with E-state index in [2.05, 4.69) is 26.9 Å². The van der Waals surface area contributed by atoms with Crippen LogP contribution < -0.4 is 4.90 Å². The maximum absolute atomic E-state index is 12.5. The number of likely N-dealkylation sites (tertiary alicyclic amines) is 1. The van der Waals surface area contributed by atoms with E-state index in [4.69, 9.17) is 28.5 Å². The zero-order valence-corrected chi connectivity index (χ0v) is 20.7. The highest BCUT2D eigenvalue weighted by Gasteiger charge is 2.18. The van der Waals surface area contributed by atoms with Crippen LogP contribution in [-0.2, 0) is 4.79 Å². The van der Waals surface area contributed by atoms with Gasteiger partial charge in [-0.15, -0.1) is 0 Å². The highest BCUT2D eigenvalue weighted by atomic mass is 79.9. The van der Waals surface area contributed by atoms with Crippen molar-refractivity contribution in [3.8, 4) is 6.07 Å². The number of nitriles is 1. The molecule has 0 aromatic heterocycles. The van der Waals surface area contributed by atoms with Crippen molar-refractivity contribution >= 4 is 50.7 Å². The Bertz CT molecular complexity index is 870. The minimum absolute atomic E-state index is 0.0180. The number of amides is 1. The predicted molar refractivity (Wildman–Crippen MR) is 132 cm³/mol. The van der Waals surface area contributed by atoms with E-state index in [1.165, 1.54) is 12.8 Å². The van der Waals surface area contributed by atoms with Gasteiger partial charge in [-0.3, -0.25) is 4.79 Å². The minimum atomic E-state index is -0.0180. The normalized spacial score (nSPS) is 13.1. The second kappa shape index (κ2) is 13.6. The lowest BCUT2D eigenvalue weighted by atomic mass is 10.2. The number of anilines is 1. The molecule has 1 fully saturated rings. The first-order valence-electron chi connectivity index (χ1n) is 10.1. The number of benzene rings is 2. The molecule has 0 N–H and O–H groups in total. The maximum atomic E-state index is 12.5. The SMILES string of the molecule is Brc1ccccc1.CN(CCN1CCCC1)C(=O)CN(CC#N)c1ccc(Cl)c(Cl)c1. The van der Waals surface area contributed by atoms with E-state index in [9.17, 15) is 4.79 Å². The average molecular weight is 526 g/mol. The van der Waals surface area contributed by atoms with E-state index in [1.807, 2.05) is 30.3 Å². The topological polar surface area (TPSA) is 50.6 Å². The quantitative estimate of drug-likeness (QED) is 0.458. The van der Waals surface area contributed by atoms with Gasteiger partial charge in [-0.25, -0.2) is 0 Å². The second-order valence-corrected chi connectivity index (χ2v) is 9.00. The molecule has 0 unspecified atom stereocenters. The van der Waals surface area contributed by atoms with Crippen LogP contribution in [-0.4, -0.2) is 62.0 Å². The van der Waals surface area contributed by atoms with E-state index in [0.29, 0.717) is 22.3 Å². The number of hydrogen-bond donors (Lipinski definition) is 0. The standard InChI is InChI=1S/C17H22Cl2N4O.C6H5Br/c1-21(10-11-22-7-2-3-8-22)17(24)13-23(9-6-20)14-4-5-15(18)16(19)12-14;7-6-4-2-1-3-5-6/h4-5,12H,2-3,7-11,13H2,1H3;1-5H. The van der Waals surface area contributed by atoms with E-state index >= 15 is 0 Å². The van der Waals surface area contributed by atoms with Crippen molar-refractivity contribution in [1.82, 2.24) is 9.80 Å². The molecule has 1 aliphatic heterocycles. The maximum Gasteiger partial charge on any atom is 0.241 e. The van der Waals surface area contributed by atoms with Gasteiger partial charge in [-0.05, 0) is 56.3 Å². The Morgan fingerprint density at radius 1 is 1.13 bits per heavy atom. The lowest BCUT2D eigenvalue weighted by molar-refractivity contribution is -0.128. The molecular weight excluding hydrogens is 499 g/mol. The summed E-state index contributed by atoms with van der Waals surface area (Å²) in [6.07, 6.45) is 2.48. The Kier molecular flexibility index (Phi) is 11.2. The summed E-state index contributed by atoms with van der Waals surface area (Å²) in [6.45, 7) is 4.08. The molecule has 3 rings (SSSR count). The summed E-state index contributed by atoms with van der Waals surface area (Å²) in [6, 6.07) is 17.2. The smallest absolute Gasteiger partial charge is 0.241 e. The average Bonchev–Trinajstić information content (AvgIpc) is 3.28. The number of likely N-dealkylation sites (N-methyl/N-ethyl adjacent to an activating group) is 1. The van der Waals surface area contributed by atoms with Gasteiger partial charge in [-0.2, -0.15) is 5.26 Å². The molecule has 0 saturated carbocycles. The monoisotopic (exact) mass is 524 g/mol. The van der Waals surface area contributed by atoms with Crippen LogP contribution in [0.4, 0.5) is 5.69 Å².